The number of halogens is 3. The van der Waals surface area contributed by atoms with E-state index in [9.17, 15) is 37.5 Å². The van der Waals surface area contributed by atoms with Crippen LogP contribution in [0.5, 0.6) is 0 Å². The van der Waals surface area contributed by atoms with Crippen molar-refractivity contribution < 1.29 is 42.2 Å². The lowest BCUT2D eigenvalue weighted by Crippen LogP contribution is -2.56. The van der Waals surface area contributed by atoms with E-state index >= 15 is 0 Å². The first-order valence-electron chi connectivity index (χ1n) is 12.1. The highest BCUT2D eigenvalue weighted by Gasteiger charge is 2.40. The normalized spacial score (nSPS) is 19.7. The number of rotatable bonds is 7. The van der Waals surface area contributed by atoms with Gasteiger partial charge < -0.3 is 30.3 Å². The van der Waals surface area contributed by atoms with E-state index in [1.165, 1.54) is 30.0 Å². The van der Waals surface area contributed by atoms with Crippen molar-refractivity contribution in [1.82, 2.24) is 20.4 Å². The Morgan fingerprint density at radius 2 is 1.76 bits per heavy atom. The molecule has 0 bridgehead atoms. The fourth-order valence-corrected chi connectivity index (χ4v) is 4.50. The van der Waals surface area contributed by atoms with Crippen molar-refractivity contribution in [2.45, 2.75) is 63.8 Å². The lowest BCUT2D eigenvalue weighted by molar-refractivity contribution is -0.137. The predicted molar refractivity (Wildman–Crippen MR) is 131 cm³/mol. The van der Waals surface area contributed by atoms with E-state index in [2.05, 4.69) is 10.6 Å². The standard InChI is InChI=1S/C25H35F3N4O6/c1-24(2,3)32(22(35)36)18-9-10-19(16(12-18)14-38-23(37)31(4)5)30-20(33)13-29-21(34)15-7-6-8-17(11-15)25(26,27)28/h6-8,11,16,18-19H,9-10,12-14H2,1-5H3,(H,29,34)(H,30,33)(H,35,36)/t16-,18+,19-/m0/s1. The molecule has 212 valence electrons. The molecular formula is C25H35F3N4O6. The summed E-state index contributed by atoms with van der Waals surface area (Å²) in [5.41, 5.74) is -1.89. The quantitative estimate of drug-likeness (QED) is 0.482. The van der Waals surface area contributed by atoms with E-state index in [0.717, 1.165) is 12.1 Å². The van der Waals surface area contributed by atoms with E-state index in [-0.39, 0.29) is 18.2 Å². The second-order valence-electron chi connectivity index (χ2n) is 10.5. The van der Waals surface area contributed by atoms with Crippen molar-refractivity contribution in [3.8, 4) is 0 Å². The SMILES string of the molecule is CN(C)C(=O)OC[C@@H]1C[C@H](N(C(=O)O)C(C)(C)C)CC[C@@H]1NC(=O)CNC(=O)c1cccc(C(F)(F)F)c1. The molecule has 0 heterocycles. The van der Waals surface area contributed by atoms with Crippen molar-refractivity contribution in [1.29, 1.82) is 0 Å². The summed E-state index contributed by atoms with van der Waals surface area (Å²) in [6.07, 6.45) is -5.11. The molecule has 1 aliphatic rings. The Morgan fingerprint density at radius 3 is 2.32 bits per heavy atom. The fourth-order valence-electron chi connectivity index (χ4n) is 4.50. The predicted octanol–water partition coefficient (Wildman–Crippen LogP) is 3.57. The van der Waals surface area contributed by atoms with Crippen LogP contribution in [0.3, 0.4) is 0 Å². The Balaban J connectivity index is 2.07. The van der Waals surface area contributed by atoms with Gasteiger partial charge in [0.05, 0.1) is 18.7 Å². The maximum absolute atomic E-state index is 12.9. The Kier molecular flexibility index (Phi) is 9.99. The van der Waals surface area contributed by atoms with Crippen molar-refractivity contribution in [2.75, 3.05) is 27.2 Å². The summed E-state index contributed by atoms with van der Waals surface area (Å²) in [5, 5.41) is 14.9. The maximum atomic E-state index is 12.9. The molecule has 0 unspecified atom stereocenters. The second-order valence-corrected chi connectivity index (χ2v) is 10.5. The van der Waals surface area contributed by atoms with Gasteiger partial charge in [-0.05, 0) is 58.2 Å². The molecule has 10 nitrogen and oxygen atoms in total. The third-order valence-electron chi connectivity index (χ3n) is 6.24. The van der Waals surface area contributed by atoms with Crippen LogP contribution in [-0.4, -0.2) is 83.8 Å². The number of nitrogens with one attached hydrogen (secondary N) is 2. The first-order valence-corrected chi connectivity index (χ1v) is 12.1. The molecule has 3 N–H and O–H groups in total. The molecule has 0 saturated heterocycles. The molecule has 38 heavy (non-hydrogen) atoms. The number of benzene rings is 1. The summed E-state index contributed by atoms with van der Waals surface area (Å²) in [5.74, 6) is -1.83. The summed E-state index contributed by atoms with van der Waals surface area (Å²) in [4.78, 5) is 51.5. The number of ether oxygens (including phenoxy) is 1. The molecule has 1 aliphatic carbocycles. The molecule has 3 atom stereocenters. The zero-order valence-electron chi connectivity index (χ0n) is 22.1. The molecule has 1 aromatic carbocycles. The molecule has 4 amide bonds. The minimum Gasteiger partial charge on any atom is -0.465 e. The van der Waals surface area contributed by atoms with Crippen LogP contribution in [0.1, 0.15) is 56.0 Å². The highest BCUT2D eigenvalue weighted by Crippen LogP contribution is 2.33. The van der Waals surface area contributed by atoms with Gasteiger partial charge >= 0.3 is 18.4 Å². The van der Waals surface area contributed by atoms with Gasteiger partial charge in [-0.15, -0.1) is 0 Å². The third kappa shape index (κ3) is 8.52. The van der Waals surface area contributed by atoms with Gasteiger partial charge in [0.1, 0.15) is 0 Å². The monoisotopic (exact) mass is 544 g/mol. The second kappa shape index (κ2) is 12.4. The molecule has 1 fully saturated rings. The lowest BCUT2D eigenvalue weighted by atomic mass is 9.80. The summed E-state index contributed by atoms with van der Waals surface area (Å²) < 4.78 is 44.1. The van der Waals surface area contributed by atoms with Crippen molar-refractivity contribution in [3.63, 3.8) is 0 Å². The molecule has 1 aromatic rings. The largest absolute Gasteiger partial charge is 0.465 e. The van der Waals surface area contributed by atoms with Crippen LogP contribution in [0.4, 0.5) is 22.8 Å². The lowest BCUT2D eigenvalue weighted by Gasteiger charge is -2.45. The maximum Gasteiger partial charge on any atom is 0.416 e. The number of hydrogen-bond donors (Lipinski definition) is 3. The number of carboxylic acid groups (broad SMARTS) is 1. The number of carbonyl (C=O) groups is 4. The van der Waals surface area contributed by atoms with Crippen molar-refractivity contribution >= 4 is 24.0 Å². The number of hydrogen-bond acceptors (Lipinski definition) is 5. The molecule has 0 spiro atoms. The van der Waals surface area contributed by atoms with Crippen LogP contribution < -0.4 is 10.6 Å². The van der Waals surface area contributed by atoms with Crippen LogP contribution in [0.25, 0.3) is 0 Å². The van der Waals surface area contributed by atoms with E-state index in [1.807, 2.05) is 0 Å². The number of amides is 4. The molecular weight excluding hydrogens is 509 g/mol. The van der Waals surface area contributed by atoms with E-state index in [4.69, 9.17) is 4.74 Å². The third-order valence-corrected chi connectivity index (χ3v) is 6.24. The zero-order valence-corrected chi connectivity index (χ0v) is 22.1. The van der Waals surface area contributed by atoms with Gasteiger partial charge in [0.2, 0.25) is 5.91 Å². The number of carbonyl (C=O) groups excluding carboxylic acids is 3. The summed E-state index contributed by atoms with van der Waals surface area (Å²) in [6.45, 7) is 4.80. The molecule has 13 heteroatoms. The van der Waals surface area contributed by atoms with Crippen molar-refractivity contribution in [2.24, 2.45) is 5.92 Å². The molecule has 0 aromatic heterocycles. The van der Waals surface area contributed by atoms with Crippen LogP contribution >= 0.6 is 0 Å². The van der Waals surface area contributed by atoms with E-state index < -0.39 is 59.8 Å². The van der Waals surface area contributed by atoms with Crippen LogP contribution in [0.2, 0.25) is 0 Å². The van der Waals surface area contributed by atoms with Gasteiger partial charge in [-0.3, -0.25) is 9.59 Å². The highest BCUT2D eigenvalue weighted by molar-refractivity contribution is 5.96. The van der Waals surface area contributed by atoms with E-state index in [1.54, 1.807) is 20.8 Å². The Bertz CT molecular complexity index is 1030. The molecule has 2 rings (SSSR count). The van der Waals surface area contributed by atoms with Gasteiger partial charge in [-0.25, -0.2) is 9.59 Å². The average molecular weight is 545 g/mol. The minimum absolute atomic E-state index is 0.0628. The highest BCUT2D eigenvalue weighted by atomic mass is 19.4. The van der Waals surface area contributed by atoms with Crippen LogP contribution in [0.15, 0.2) is 24.3 Å². The molecule has 1 saturated carbocycles. The Hall–Kier alpha value is -3.51. The van der Waals surface area contributed by atoms with Gasteiger partial charge in [0.15, 0.2) is 0 Å². The summed E-state index contributed by atoms with van der Waals surface area (Å²) in [7, 11) is 3.04. The Morgan fingerprint density at radius 1 is 1.11 bits per heavy atom. The average Bonchev–Trinajstić information content (AvgIpc) is 2.80. The Labute approximate surface area is 219 Å². The summed E-state index contributed by atoms with van der Waals surface area (Å²) in [6, 6.07) is 3.01. The molecule has 0 aliphatic heterocycles. The van der Waals surface area contributed by atoms with Gasteiger partial charge in [0, 0.05) is 43.2 Å². The molecule has 0 radical (unpaired) electrons. The first-order chi connectivity index (χ1) is 17.5. The van der Waals surface area contributed by atoms with E-state index in [0.29, 0.717) is 25.3 Å². The number of nitrogens with zero attached hydrogens (tertiary/aromatic N) is 2. The van der Waals surface area contributed by atoms with Crippen molar-refractivity contribution in [3.05, 3.63) is 35.4 Å². The topological polar surface area (TPSA) is 128 Å². The zero-order chi connectivity index (χ0) is 28.8. The first kappa shape index (κ1) is 30.7. The summed E-state index contributed by atoms with van der Waals surface area (Å²) >= 11 is 0. The number of alkyl halides is 3. The van der Waals surface area contributed by atoms with Crippen LogP contribution in [0, 0.1) is 5.92 Å². The van der Waals surface area contributed by atoms with Gasteiger partial charge in [-0.1, -0.05) is 6.07 Å². The smallest absolute Gasteiger partial charge is 0.416 e. The van der Waals surface area contributed by atoms with Crippen LogP contribution in [-0.2, 0) is 15.7 Å². The fraction of sp³-hybridized carbons (Fsp3) is 0.600. The van der Waals surface area contributed by atoms with Gasteiger partial charge in [0.25, 0.3) is 5.91 Å². The van der Waals surface area contributed by atoms with Gasteiger partial charge in [-0.2, -0.15) is 13.2 Å². The minimum atomic E-state index is -4.61.